The largest absolute Gasteiger partial charge is 0.453 e. The van der Waals surface area contributed by atoms with E-state index in [0.717, 1.165) is 12.8 Å². The van der Waals surface area contributed by atoms with Gasteiger partial charge in [-0.3, -0.25) is 9.59 Å². The number of allylic oxidation sites excluding steroid dienone is 1. The number of hydrogen-bond acceptors (Lipinski definition) is 4. The van der Waals surface area contributed by atoms with E-state index in [2.05, 4.69) is 13.8 Å². The molecule has 124 valence electrons. The molecule has 0 aromatic rings. The number of carbonyl (C=O) groups is 2. The van der Waals surface area contributed by atoms with Crippen molar-refractivity contribution >= 4 is 11.8 Å². The standard InChI is InChI=1S/C18H28O4/c1-11-7-9-14(20)16(21-12(2)19)18(6)13(11)8-10-15(18)22-17(3,4)5/h7,9,11,13,15-16H,8,10H2,1-6H3/t11-,13-,15-,16-,18-/m0/s1. The highest BCUT2D eigenvalue weighted by atomic mass is 16.6. The van der Waals surface area contributed by atoms with Crippen molar-refractivity contribution in [1.29, 1.82) is 0 Å². The zero-order valence-electron chi connectivity index (χ0n) is 14.5. The Morgan fingerprint density at radius 1 is 1.32 bits per heavy atom. The fraction of sp³-hybridized carbons (Fsp3) is 0.778. The van der Waals surface area contributed by atoms with Crippen molar-refractivity contribution in [3.05, 3.63) is 12.2 Å². The van der Waals surface area contributed by atoms with E-state index in [1.165, 1.54) is 6.92 Å². The summed E-state index contributed by atoms with van der Waals surface area (Å²) in [7, 11) is 0. The average molecular weight is 308 g/mol. The number of fused-ring (bicyclic) bond motifs is 1. The maximum absolute atomic E-state index is 12.5. The van der Waals surface area contributed by atoms with Crippen molar-refractivity contribution in [3.63, 3.8) is 0 Å². The molecular formula is C18H28O4. The van der Waals surface area contributed by atoms with Crippen molar-refractivity contribution in [2.75, 3.05) is 0 Å². The van der Waals surface area contributed by atoms with Gasteiger partial charge in [0.1, 0.15) is 0 Å². The molecule has 0 N–H and O–H groups in total. The minimum atomic E-state index is -0.758. The fourth-order valence-corrected chi connectivity index (χ4v) is 4.12. The maximum atomic E-state index is 12.5. The molecule has 0 amide bonds. The van der Waals surface area contributed by atoms with Gasteiger partial charge < -0.3 is 9.47 Å². The predicted molar refractivity (Wildman–Crippen MR) is 84.3 cm³/mol. The van der Waals surface area contributed by atoms with Gasteiger partial charge in [0.05, 0.1) is 11.7 Å². The van der Waals surface area contributed by atoms with Gasteiger partial charge >= 0.3 is 5.97 Å². The Bertz CT molecular complexity index is 488. The third kappa shape index (κ3) is 3.12. The molecule has 22 heavy (non-hydrogen) atoms. The SMILES string of the molecule is CC(=O)O[C@H]1C(=O)C=C[C@H](C)[C@@H]2CC[C@H](OC(C)(C)C)[C@@]12C. The second-order valence-corrected chi connectivity index (χ2v) is 7.88. The lowest BCUT2D eigenvalue weighted by atomic mass is 9.69. The molecule has 4 heteroatoms. The first kappa shape index (κ1) is 17.2. The highest BCUT2D eigenvalue weighted by molar-refractivity contribution is 5.96. The summed E-state index contributed by atoms with van der Waals surface area (Å²) < 4.78 is 11.7. The van der Waals surface area contributed by atoms with Crippen LogP contribution in [0.4, 0.5) is 0 Å². The molecule has 0 aromatic carbocycles. The summed E-state index contributed by atoms with van der Waals surface area (Å²) in [4.78, 5) is 24.1. The minimum absolute atomic E-state index is 0.0897. The lowest BCUT2D eigenvalue weighted by Gasteiger charge is -2.43. The molecule has 0 spiro atoms. The lowest BCUT2D eigenvalue weighted by molar-refractivity contribution is -0.179. The van der Waals surface area contributed by atoms with Crippen LogP contribution in [0.25, 0.3) is 0 Å². The predicted octanol–water partition coefficient (Wildman–Crippen LogP) is 3.29. The minimum Gasteiger partial charge on any atom is -0.453 e. The molecule has 0 aliphatic heterocycles. The Balaban J connectivity index is 2.43. The topological polar surface area (TPSA) is 52.6 Å². The van der Waals surface area contributed by atoms with Gasteiger partial charge in [0.25, 0.3) is 0 Å². The van der Waals surface area contributed by atoms with Crippen LogP contribution in [-0.2, 0) is 19.1 Å². The van der Waals surface area contributed by atoms with Crippen molar-refractivity contribution in [3.8, 4) is 0 Å². The lowest BCUT2D eigenvalue weighted by Crippen LogP contribution is -2.52. The summed E-state index contributed by atoms with van der Waals surface area (Å²) in [6, 6.07) is 0. The molecule has 1 fully saturated rings. The second-order valence-electron chi connectivity index (χ2n) is 7.88. The highest BCUT2D eigenvalue weighted by Gasteiger charge is 2.58. The van der Waals surface area contributed by atoms with Crippen LogP contribution in [0.2, 0.25) is 0 Å². The number of rotatable bonds is 2. The van der Waals surface area contributed by atoms with E-state index in [9.17, 15) is 9.59 Å². The van der Waals surface area contributed by atoms with Crippen LogP contribution in [0.5, 0.6) is 0 Å². The number of ketones is 1. The molecule has 0 unspecified atom stereocenters. The number of esters is 1. The van der Waals surface area contributed by atoms with Gasteiger partial charge in [-0.05, 0) is 51.5 Å². The van der Waals surface area contributed by atoms with Crippen molar-refractivity contribution in [2.24, 2.45) is 17.3 Å². The molecule has 2 aliphatic carbocycles. The molecule has 1 saturated carbocycles. The summed E-state index contributed by atoms with van der Waals surface area (Å²) in [6.07, 6.45) is 4.55. The second kappa shape index (κ2) is 5.80. The first-order chi connectivity index (χ1) is 10.1. The van der Waals surface area contributed by atoms with E-state index in [-0.39, 0.29) is 29.3 Å². The number of hydrogen-bond donors (Lipinski definition) is 0. The molecule has 4 nitrogen and oxygen atoms in total. The Morgan fingerprint density at radius 3 is 2.50 bits per heavy atom. The monoisotopic (exact) mass is 308 g/mol. The smallest absolute Gasteiger partial charge is 0.303 e. The van der Waals surface area contributed by atoms with Crippen molar-refractivity contribution in [2.45, 2.75) is 72.2 Å². The summed E-state index contributed by atoms with van der Waals surface area (Å²) >= 11 is 0. The third-order valence-electron chi connectivity index (χ3n) is 5.03. The van der Waals surface area contributed by atoms with Crippen LogP contribution in [-0.4, -0.2) is 29.6 Å². The third-order valence-corrected chi connectivity index (χ3v) is 5.03. The van der Waals surface area contributed by atoms with Gasteiger partial charge in [-0.15, -0.1) is 0 Å². The molecule has 2 rings (SSSR count). The molecule has 0 bridgehead atoms. The molecular weight excluding hydrogens is 280 g/mol. The highest BCUT2D eigenvalue weighted by Crippen LogP contribution is 2.54. The van der Waals surface area contributed by atoms with Crippen LogP contribution in [0.1, 0.15) is 54.4 Å². The first-order valence-corrected chi connectivity index (χ1v) is 8.13. The zero-order valence-corrected chi connectivity index (χ0v) is 14.5. The molecule has 0 heterocycles. The first-order valence-electron chi connectivity index (χ1n) is 8.13. The molecule has 2 aliphatic rings. The number of ether oxygens (including phenoxy) is 2. The number of carbonyl (C=O) groups excluding carboxylic acids is 2. The van der Waals surface area contributed by atoms with E-state index in [1.54, 1.807) is 6.08 Å². The molecule has 0 radical (unpaired) electrons. The van der Waals surface area contributed by atoms with Gasteiger partial charge in [0, 0.05) is 12.3 Å². The van der Waals surface area contributed by atoms with Gasteiger partial charge in [0.2, 0.25) is 0 Å². The van der Waals surface area contributed by atoms with E-state index in [1.807, 2.05) is 26.8 Å². The van der Waals surface area contributed by atoms with Crippen molar-refractivity contribution < 1.29 is 19.1 Å². The summed E-state index contributed by atoms with van der Waals surface area (Å²) in [5, 5.41) is 0. The summed E-state index contributed by atoms with van der Waals surface area (Å²) in [6.45, 7) is 11.6. The van der Waals surface area contributed by atoms with E-state index < -0.39 is 17.5 Å². The Kier molecular flexibility index (Phi) is 4.54. The van der Waals surface area contributed by atoms with Gasteiger partial charge in [-0.2, -0.15) is 0 Å². The fourth-order valence-electron chi connectivity index (χ4n) is 4.12. The quantitative estimate of drug-likeness (QED) is 0.735. The Hall–Kier alpha value is -1.16. The van der Waals surface area contributed by atoms with E-state index in [4.69, 9.17) is 9.47 Å². The summed E-state index contributed by atoms with van der Waals surface area (Å²) in [5.74, 6) is -0.00544. The van der Waals surface area contributed by atoms with Crippen LogP contribution in [0, 0.1) is 17.3 Å². The van der Waals surface area contributed by atoms with Gasteiger partial charge in [-0.1, -0.05) is 19.9 Å². The van der Waals surface area contributed by atoms with Crippen LogP contribution in [0.3, 0.4) is 0 Å². The molecule has 5 atom stereocenters. The molecule has 0 aromatic heterocycles. The van der Waals surface area contributed by atoms with Crippen molar-refractivity contribution in [1.82, 2.24) is 0 Å². The maximum Gasteiger partial charge on any atom is 0.303 e. The van der Waals surface area contributed by atoms with E-state index in [0.29, 0.717) is 0 Å². The summed E-state index contributed by atoms with van der Waals surface area (Å²) in [5.41, 5.74) is -0.783. The van der Waals surface area contributed by atoms with Crippen LogP contribution >= 0.6 is 0 Å². The van der Waals surface area contributed by atoms with Crippen LogP contribution < -0.4 is 0 Å². The van der Waals surface area contributed by atoms with Gasteiger partial charge in [0.15, 0.2) is 11.9 Å². The van der Waals surface area contributed by atoms with Gasteiger partial charge in [-0.25, -0.2) is 0 Å². The van der Waals surface area contributed by atoms with Crippen LogP contribution in [0.15, 0.2) is 12.2 Å². The Labute approximate surface area is 133 Å². The van der Waals surface area contributed by atoms with E-state index >= 15 is 0 Å². The Morgan fingerprint density at radius 2 is 1.95 bits per heavy atom. The molecule has 0 saturated heterocycles. The zero-order chi connectivity index (χ0) is 16.7. The average Bonchev–Trinajstić information content (AvgIpc) is 2.64. The normalized spacial score (nSPS) is 38.5.